The Hall–Kier alpha value is -2.27. The predicted molar refractivity (Wildman–Crippen MR) is 87.8 cm³/mol. The van der Waals surface area contributed by atoms with Crippen molar-refractivity contribution in [3.05, 3.63) is 50.9 Å². The standard InChI is InChI=1S/C14H9ClN2O6S2/c1-6-9(15)10(24-14(6)25(16,21)22)13(20)23-17-11(18)7-4-2-3-5-8(7)12(17)19/h2-5H,1H3,(H2,16,21,22). The third-order valence-electron chi connectivity index (χ3n) is 3.40. The summed E-state index contributed by atoms with van der Waals surface area (Å²) in [7, 11) is -4.08. The van der Waals surface area contributed by atoms with Crippen LogP contribution >= 0.6 is 22.9 Å². The number of hydrogen-bond acceptors (Lipinski definition) is 7. The van der Waals surface area contributed by atoms with Gasteiger partial charge in [0.05, 0.1) is 16.1 Å². The summed E-state index contributed by atoms with van der Waals surface area (Å²) < 4.78 is 22.7. The van der Waals surface area contributed by atoms with Crippen LogP contribution in [-0.4, -0.2) is 31.3 Å². The highest BCUT2D eigenvalue weighted by atomic mass is 35.5. The molecule has 1 aromatic heterocycles. The summed E-state index contributed by atoms with van der Waals surface area (Å²) in [5.74, 6) is -2.74. The second-order valence-corrected chi connectivity index (χ2v) is 8.19. The van der Waals surface area contributed by atoms with Crippen molar-refractivity contribution in [3.63, 3.8) is 0 Å². The van der Waals surface area contributed by atoms with Crippen LogP contribution in [0.15, 0.2) is 28.5 Å². The smallest absolute Gasteiger partial charge is 0.323 e. The van der Waals surface area contributed by atoms with Gasteiger partial charge in [-0.15, -0.1) is 11.3 Å². The third kappa shape index (κ3) is 2.82. The zero-order chi connectivity index (χ0) is 18.5. The van der Waals surface area contributed by atoms with Gasteiger partial charge in [0.2, 0.25) is 10.0 Å². The third-order valence-corrected chi connectivity index (χ3v) is 6.83. The van der Waals surface area contributed by atoms with E-state index in [4.69, 9.17) is 21.6 Å². The predicted octanol–water partition coefficient (Wildman–Crippen LogP) is 1.73. The van der Waals surface area contributed by atoms with E-state index in [1.807, 2.05) is 0 Å². The Morgan fingerprint density at radius 3 is 2.16 bits per heavy atom. The maximum Gasteiger partial charge on any atom is 0.375 e. The van der Waals surface area contributed by atoms with Crippen LogP contribution in [-0.2, 0) is 14.9 Å². The van der Waals surface area contributed by atoms with Gasteiger partial charge >= 0.3 is 5.97 Å². The van der Waals surface area contributed by atoms with E-state index in [-0.39, 0.29) is 30.8 Å². The molecule has 0 bridgehead atoms. The molecule has 1 aliphatic heterocycles. The number of imide groups is 1. The number of thiophene rings is 1. The van der Waals surface area contributed by atoms with E-state index in [1.54, 1.807) is 12.1 Å². The van der Waals surface area contributed by atoms with Gasteiger partial charge in [0, 0.05) is 0 Å². The molecule has 0 aliphatic carbocycles. The van der Waals surface area contributed by atoms with Crippen LogP contribution in [0, 0.1) is 6.92 Å². The van der Waals surface area contributed by atoms with Crippen LogP contribution in [0.4, 0.5) is 0 Å². The summed E-state index contributed by atoms with van der Waals surface area (Å²) >= 11 is 6.47. The fraction of sp³-hybridized carbons (Fsp3) is 0.0714. The Labute approximate surface area is 150 Å². The molecule has 0 unspecified atom stereocenters. The van der Waals surface area contributed by atoms with E-state index < -0.39 is 27.8 Å². The number of amides is 2. The van der Waals surface area contributed by atoms with Crippen molar-refractivity contribution in [3.8, 4) is 0 Å². The van der Waals surface area contributed by atoms with Crippen molar-refractivity contribution in [1.82, 2.24) is 5.06 Å². The van der Waals surface area contributed by atoms with Crippen molar-refractivity contribution in [2.24, 2.45) is 5.14 Å². The minimum absolute atomic E-state index is 0.0866. The summed E-state index contributed by atoms with van der Waals surface area (Å²) in [5, 5.41) is 5.20. The van der Waals surface area contributed by atoms with Crippen molar-refractivity contribution in [1.29, 1.82) is 0 Å². The van der Waals surface area contributed by atoms with Crippen LogP contribution in [0.25, 0.3) is 0 Å². The summed E-state index contributed by atoms with van der Waals surface area (Å²) in [6.07, 6.45) is 0. The SMILES string of the molecule is Cc1c(S(N)(=O)=O)sc(C(=O)ON2C(=O)c3ccccc3C2=O)c1Cl. The fourth-order valence-corrected chi connectivity index (χ4v) is 4.70. The first-order valence-corrected chi connectivity index (χ1v) is 9.38. The first kappa shape index (κ1) is 17.5. The fourth-order valence-electron chi connectivity index (χ4n) is 2.25. The van der Waals surface area contributed by atoms with Gasteiger partial charge in [0.15, 0.2) is 0 Å². The Balaban J connectivity index is 1.92. The molecule has 11 heteroatoms. The average molecular weight is 401 g/mol. The van der Waals surface area contributed by atoms with Crippen LogP contribution in [0.2, 0.25) is 5.02 Å². The molecule has 130 valence electrons. The lowest BCUT2D eigenvalue weighted by atomic mass is 10.1. The summed E-state index contributed by atoms with van der Waals surface area (Å²) in [4.78, 5) is 41.2. The molecule has 1 aromatic carbocycles. The Morgan fingerprint density at radius 2 is 1.72 bits per heavy atom. The number of nitrogens with zero attached hydrogens (tertiary/aromatic N) is 1. The molecule has 0 saturated heterocycles. The van der Waals surface area contributed by atoms with Gasteiger partial charge in [-0.3, -0.25) is 9.59 Å². The van der Waals surface area contributed by atoms with E-state index in [2.05, 4.69) is 0 Å². The quantitative estimate of drug-likeness (QED) is 0.782. The lowest BCUT2D eigenvalue weighted by Gasteiger charge is -2.11. The van der Waals surface area contributed by atoms with E-state index in [0.717, 1.165) is 0 Å². The highest BCUT2D eigenvalue weighted by molar-refractivity contribution is 7.91. The zero-order valence-corrected chi connectivity index (χ0v) is 14.9. The minimum Gasteiger partial charge on any atom is -0.323 e. The second-order valence-electron chi connectivity index (χ2n) is 5.03. The molecule has 8 nitrogen and oxygen atoms in total. The van der Waals surface area contributed by atoms with E-state index in [1.165, 1.54) is 19.1 Å². The normalized spacial score (nSPS) is 14.0. The van der Waals surface area contributed by atoms with E-state index >= 15 is 0 Å². The molecule has 2 N–H and O–H groups in total. The maximum absolute atomic E-state index is 12.3. The molecule has 0 atom stereocenters. The minimum atomic E-state index is -4.08. The van der Waals surface area contributed by atoms with Crippen molar-refractivity contribution >= 4 is 50.7 Å². The number of hydroxylamine groups is 2. The molecule has 25 heavy (non-hydrogen) atoms. The summed E-state index contributed by atoms with van der Waals surface area (Å²) in [6.45, 7) is 1.37. The molecule has 2 heterocycles. The van der Waals surface area contributed by atoms with Gasteiger partial charge in [-0.05, 0) is 24.6 Å². The van der Waals surface area contributed by atoms with Crippen molar-refractivity contribution < 1.29 is 27.6 Å². The van der Waals surface area contributed by atoms with Gasteiger partial charge in [-0.25, -0.2) is 18.4 Å². The Morgan fingerprint density at radius 1 is 1.20 bits per heavy atom. The van der Waals surface area contributed by atoms with Gasteiger partial charge < -0.3 is 4.84 Å². The first-order valence-electron chi connectivity index (χ1n) is 6.64. The number of hydrogen-bond donors (Lipinski definition) is 1. The number of carbonyl (C=O) groups is 3. The number of rotatable bonds is 3. The number of nitrogens with two attached hydrogens (primary N) is 1. The molecule has 2 aromatic rings. The maximum atomic E-state index is 12.3. The van der Waals surface area contributed by atoms with E-state index in [9.17, 15) is 22.8 Å². The van der Waals surface area contributed by atoms with Crippen molar-refractivity contribution in [2.45, 2.75) is 11.1 Å². The number of fused-ring (bicyclic) bond motifs is 1. The highest BCUT2D eigenvalue weighted by Gasteiger charge is 2.39. The largest absolute Gasteiger partial charge is 0.375 e. The van der Waals surface area contributed by atoms with Gasteiger partial charge in [0.25, 0.3) is 11.8 Å². The van der Waals surface area contributed by atoms with Crippen LogP contribution in [0.1, 0.15) is 36.0 Å². The number of primary sulfonamides is 1. The summed E-state index contributed by atoms with van der Waals surface area (Å²) in [6, 6.07) is 5.97. The molecular formula is C14H9ClN2O6S2. The average Bonchev–Trinajstić information content (AvgIpc) is 2.98. The summed E-state index contributed by atoms with van der Waals surface area (Å²) in [5.41, 5.74) is 0.279. The highest BCUT2D eigenvalue weighted by Crippen LogP contribution is 2.36. The molecule has 1 aliphatic rings. The molecule has 2 amide bonds. The Kier molecular flexibility index (Phi) is 4.15. The first-order chi connectivity index (χ1) is 11.6. The second kappa shape index (κ2) is 5.92. The van der Waals surface area contributed by atoms with Gasteiger partial charge in [0.1, 0.15) is 9.09 Å². The molecular weight excluding hydrogens is 392 g/mol. The van der Waals surface area contributed by atoms with Gasteiger partial charge in [-0.1, -0.05) is 28.8 Å². The molecule has 3 rings (SSSR count). The van der Waals surface area contributed by atoms with Crippen molar-refractivity contribution in [2.75, 3.05) is 0 Å². The van der Waals surface area contributed by atoms with Crippen LogP contribution in [0.5, 0.6) is 0 Å². The van der Waals surface area contributed by atoms with E-state index in [0.29, 0.717) is 16.4 Å². The number of carbonyl (C=O) groups excluding carboxylic acids is 3. The zero-order valence-electron chi connectivity index (χ0n) is 12.5. The topological polar surface area (TPSA) is 124 Å². The molecule has 0 radical (unpaired) electrons. The lowest BCUT2D eigenvalue weighted by molar-refractivity contribution is -0.0581. The van der Waals surface area contributed by atoms with Gasteiger partial charge in [-0.2, -0.15) is 0 Å². The molecule has 0 spiro atoms. The monoisotopic (exact) mass is 400 g/mol. The molecule has 0 fully saturated rings. The number of halogens is 1. The number of benzene rings is 1. The van der Waals surface area contributed by atoms with Crippen LogP contribution < -0.4 is 5.14 Å². The Bertz CT molecular complexity index is 1010. The number of sulfonamides is 1. The van der Waals surface area contributed by atoms with Crippen LogP contribution in [0.3, 0.4) is 0 Å². The lowest BCUT2D eigenvalue weighted by Crippen LogP contribution is -2.32. The molecule has 0 saturated carbocycles.